The molecule has 0 saturated heterocycles. The summed E-state index contributed by atoms with van der Waals surface area (Å²) in [5, 5.41) is 3.71. The quantitative estimate of drug-likeness (QED) is 0.689. The molecule has 1 N–H and O–H groups in total. The van der Waals surface area contributed by atoms with Crippen molar-refractivity contribution in [3.63, 3.8) is 0 Å². The molecule has 2 aromatic heterocycles. The van der Waals surface area contributed by atoms with Crippen LogP contribution in [-0.4, -0.2) is 27.5 Å². The summed E-state index contributed by atoms with van der Waals surface area (Å²) in [4.78, 5) is 23.3. The molecule has 0 radical (unpaired) electrons. The molecule has 0 aliphatic carbocycles. The van der Waals surface area contributed by atoms with Crippen LogP contribution >= 0.6 is 34.5 Å². The smallest absolute Gasteiger partial charge is 0.360 e. The lowest BCUT2D eigenvalue weighted by atomic mass is 10.4. The maximum atomic E-state index is 11.7. The summed E-state index contributed by atoms with van der Waals surface area (Å²) in [5.74, 6) is -0.209. The summed E-state index contributed by atoms with van der Waals surface area (Å²) < 4.78 is 4.89. The van der Waals surface area contributed by atoms with Gasteiger partial charge in [-0.05, 0) is 18.5 Å². The van der Waals surface area contributed by atoms with Gasteiger partial charge < -0.3 is 10.1 Å². The number of anilines is 2. The third-order valence-electron chi connectivity index (χ3n) is 1.98. The predicted octanol–water partition coefficient (Wildman–Crippen LogP) is 3.16. The van der Waals surface area contributed by atoms with E-state index in [-0.39, 0.29) is 22.6 Å². The molecule has 19 heavy (non-hydrogen) atoms. The van der Waals surface area contributed by atoms with Crippen LogP contribution in [-0.2, 0) is 4.74 Å². The first-order valence-electron chi connectivity index (χ1n) is 5.17. The van der Waals surface area contributed by atoms with Crippen molar-refractivity contribution in [3.8, 4) is 0 Å². The largest absolute Gasteiger partial charge is 0.461 e. The van der Waals surface area contributed by atoms with E-state index in [9.17, 15) is 4.79 Å². The minimum absolute atomic E-state index is 0.0501. The Hall–Kier alpha value is -1.44. The first-order chi connectivity index (χ1) is 9.11. The van der Waals surface area contributed by atoms with Crippen LogP contribution in [0.5, 0.6) is 0 Å². The molecule has 0 aliphatic heterocycles. The highest BCUT2D eigenvalue weighted by Crippen LogP contribution is 2.28. The van der Waals surface area contributed by atoms with Crippen LogP contribution in [0.3, 0.4) is 0 Å². The fourth-order valence-electron chi connectivity index (χ4n) is 1.22. The maximum absolute atomic E-state index is 11.7. The number of aromatic nitrogens is 3. The van der Waals surface area contributed by atoms with Crippen molar-refractivity contribution in [2.75, 3.05) is 11.9 Å². The lowest BCUT2D eigenvalue weighted by Gasteiger charge is -2.06. The summed E-state index contributed by atoms with van der Waals surface area (Å²) in [7, 11) is 0. The van der Waals surface area contributed by atoms with Gasteiger partial charge >= 0.3 is 5.97 Å². The lowest BCUT2D eigenvalue weighted by Crippen LogP contribution is -2.08. The highest BCUT2D eigenvalue weighted by Gasteiger charge is 2.17. The Kier molecular flexibility index (Phi) is 4.52. The number of halogens is 2. The van der Waals surface area contributed by atoms with Gasteiger partial charge in [-0.15, -0.1) is 11.3 Å². The number of hydrogen-bond acceptors (Lipinski definition) is 7. The zero-order valence-corrected chi connectivity index (χ0v) is 12.0. The lowest BCUT2D eigenvalue weighted by molar-refractivity contribution is 0.0521. The van der Waals surface area contributed by atoms with Gasteiger partial charge in [0.1, 0.15) is 10.0 Å². The molecule has 0 aliphatic rings. The Balaban J connectivity index is 2.26. The van der Waals surface area contributed by atoms with Crippen LogP contribution in [0, 0.1) is 0 Å². The number of thiazole rings is 1. The van der Waals surface area contributed by atoms with E-state index >= 15 is 0 Å². The summed E-state index contributed by atoms with van der Waals surface area (Å²) >= 11 is 12.8. The number of nitrogens with one attached hydrogen (secondary N) is 1. The van der Waals surface area contributed by atoms with Gasteiger partial charge in [-0.1, -0.05) is 11.6 Å². The molecule has 2 aromatic rings. The van der Waals surface area contributed by atoms with Crippen LogP contribution < -0.4 is 5.32 Å². The van der Waals surface area contributed by atoms with E-state index in [1.54, 1.807) is 6.92 Å². The Morgan fingerprint density at radius 3 is 3.00 bits per heavy atom. The minimum Gasteiger partial charge on any atom is -0.461 e. The maximum Gasteiger partial charge on any atom is 0.360 e. The Labute approximate surface area is 122 Å². The van der Waals surface area contributed by atoms with Crippen molar-refractivity contribution in [2.45, 2.75) is 6.92 Å². The van der Waals surface area contributed by atoms with E-state index < -0.39 is 5.97 Å². The van der Waals surface area contributed by atoms with E-state index in [1.165, 1.54) is 23.0 Å². The fraction of sp³-hybridized carbons (Fsp3) is 0.200. The fourth-order valence-corrected chi connectivity index (χ4v) is 2.16. The molecule has 9 heteroatoms. The summed E-state index contributed by atoms with van der Waals surface area (Å²) in [6.07, 6.45) is 1.37. The first kappa shape index (κ1) is 14.0. The van der Waals surface area contributed by atoms with Crippen molar-refractivity contribution in [1.82, 2.24) is 15.0 Å². The molecule has 100 valence electrons. The van der Waals surface area contributed by atoms with E-state index in [0.717, 1.165) is 0 Å². The van der Waals surface area contributed by atoms with Gasteiger partial charge in [0, 0.05) is 0 Å². The average Bonchev–Trinajstić information content (AvgIpc) is 2.82. The minimum atomic E-state index is -0.512. The van der Waals surface area contributed by atoms with Crippen LogP contribution in [0.1, 0.15) is 17.4 Å². The number of esters is 1. The van der Waals surface area contributed by atoms with E-state index in [0.29, 0.717) is 10.8 Å². The number of carbonyl (C=O) groups excluding carboxylic acids is 1. The Morgan fingerprint density at radius 2 is 2.26 bits per heavy atom. The Bertz CT molecular complexity index is 605. The summed E-state index contributed by atoms with van der Waals surface area (Å²) in [6.45, 7) is 1.99. The van der Waals surface area contributed by atoms with Crippen LogP contribution in [0.15, 0.2) is 11.7 Å². The van der Waals surface area contributed by atoms with Crippen LogP contribution in [0.25, 0.3) is 0 Å². The molecule has 0 fully saturated rings. The molecule has 0 unspecified atom stereocenters. The van der Waals surface area contributed by atoms with Gasteiger partial charge in [-0.25, -0.2) is 14.8 Å². The topological polar surface area (TPSA) is 77.0 Å². The molecule has 0 aromatic carbocycles. The zero-order valence-electron chi connectivity index (χ0n) is 9.68. The average molecular weight is 319 g/mol. The first-order valence-corrected chi connectivity index (χ1v) is 6.81. The second-order valence-electron chi connectivity index (χ2n) is 3.21. The van der Waals surface area contributed by atoms with Gasteiger partial charge in [0.05, 0.1) is 18.3 Å². The van der Waals surface area contributed by atoms with E-state index in [4.69, 9.17) is 27.9 Å². The number of rotatable bonds is 4. The number of carbonyl (C=O) groups is 1. The standard InChI is InChI=1S/C10H8Cl2N4O2S/c1-2-18-9(17)6-8(19-4-14-6)15-7-5(11)3-13-10(12)16-7/h3-4H,2H2,1H3,(H,13,15,16). The SMILES string of the molecule is CCOC(=O)c1ncsc1Nc1nc(Cl)ncc1Cl. The number of ether oxygens (including phenoxy) is 1. The molecule has 0 bridgehead atoms. The molecule has 2 heterocycles. The summed E-state index contributed by atoms with van der Waals surface area (Å²) in [5.41, 5.74) is 1.70. The number of hydrogen-bond donors (Lipinski definition) is 1. The van der Waals surface area contributed by atoms with Gasteiger partial charge in [0.15, 0.2) is 11.5 Å². The van der Waals surface area contributed by atoms with E-state index in [1.807, 2.05) is 0 Å². The highest BCUT2D eigenvalue weighted by molar-refractivity contribution is 7.14. The molecule has 0 saturated carbocycles. The van der Waals surface area contributed by atoms with Crippen LogP contribution in [0.4, 0.5) is 10.8 Å². The third-order valence-corrected chi connectivity index (χ3v) is 3.18. The highest BCUT2D eigenvalue weighted by atomic mass is 35.5. The molecule has 0 atom stereocenters. The summed E-state index contributed by atoms with van der Waals surface area (Å²) in [6, 6.07) is 0. The van der Waals surface area contributed by atoms with Crippen molar-refractivity contribution in [2.24, 2.45) is 0 Å². The molecular formula is C10H8Cl2N4O2S. The van der Waals surface area contributed by atoms with Crippen molar-refractivity contribution < 1.29 is 9.53 Å². The zero-order chi connectivity index (χ0) is 13.8. The Morgan fingerprint density at radius 1 is 1.47 bits per heavy atom. The molecular weight excluding hydrogens is 311 g/mol. The second-order valence-corrected chi connectivity index (χ2v) is 4.81. The third kappa shape index (κ3) is 3.31. The van der Waals surface area contributed by atoms with Gasteiger partial charge in [0.2, 0.25) is 5.28 Å². The van der Waals surface area contributed by atoms with Gasteiger partial charge in [-0.3, -0.25) is 0 Å². The predicted molar refractivity (Wildman–Crippen MR) is 73.4 cm³/mol. The van der Waals surface area contributed by atoms with Crippen molar-refractivity contribution in [1.29, 1.82) is 0 Å². The van der Waals surface area contributed by atoms with Crippen molar-refractivity contribution in [3.05, 3.63) is 27.7 Å². The van der Waals surface area contributed by atoms with Gasteiger partial charge in [-0.2, -0.15) is 4.98 Å². The van der Waals surface area contributed by atoms with E-state index in [2.05, 4.69) is 20.3 Å². The monoisotopic (exact) mass is 318 g/mol. The molecule has 6 nitrogen and oxygen atoms in total. The molecule has 0 amide bonds. The normalized spacial score (nSPS) is 10.3. The van der Waals surface area contributed by atoms with Crippen molar-refractivity contribution >= 4 is 51.3 Å². The van der Waals surface area contributed by atoms with Crippen LogP contribution in [0.2, 0.25) is 10.3 Å². The molecule has 0 spiro atoms. The molecule has 2 rings (SSSR count). The number of nitrogens with zero attached hydrogens (tertiary/aromatic N) is 3. The van der Waals surface area contributed by atoms with Gasteiger partial charge in [0.25, 0.3) is 0 Å². The second kappa shape index (κ2) is 6.14.